The van der Waals surface area contributed by atoms with Crippen molar-refractivity contribution in [3.63, 3.8) is 0 Å². The largest absolute Gasteiger partial charge is 0.435 e. The molecular weight excluding hydrogens is 463 g/mol. The van der Waals surface area contributed by atoms with Crippen molar-refractivity contribution in [2.75, 3.05) is 10.6 Å². The van der Waals surface area contributed by atoms with Crippen molar-refractivity contribution in [1.82, 2.24) is 5.10 Å². The van der Waals surface area contributed by atoms with Gasteiger partial charge in [0.1, 0.15) is 24.2 Å². The van der Waals surface area contributed by atoms with E-state index in [1.165, 1.54) is 19.2 Å². The summed E-state index contributed by atoms with van der Waals surface area (Å²) < 4.78 is 68.9. The van der Waals surface area contributed by atoms with E-state index >= 15 is 0 Å². The van der Waals surface area contributed by atoms with E-state index in [-0.39, 0.29) is 22.6 Å². The molecule has 0 bridgehead atoms. The minimum atomic E-state index is -4.72. The second-order valence-electron chi connectivity index (χ2n) is 5.98. The molecule has 1 heterocycles. The normalized spacial score (nSPS) is 11.4. The molecule has 0 saturated carbocycles. The van der Waals surface area contributed by atoms with Crippen LogP contribution in [-0.4, -0.2) is 11.1 Å². The number of nitrogens with zero attached hydrogens (tertiary/aromatic N) is 1. The number of rotatable bonds is 3. The molecule has 2 aromatic carbocycles. The number of aryl methyl sites for hydroxylation is 1. The lowest BCUT2D eigenvalue weighted by Crippen LogP contribution is -2.36. The van der Waals surface area contributed by atoms with Gasteiger partial charge in [-0.1, -0.05) is 28.1 Å². The molecule has 0 radical (unpaired) electrons. The number of carbonyl (C=O) groups excluding carboxylic acids is 1. The Bertz CT molecular complexity index is 1060. The average Bonchev–Trinajstić information content (AvgIpc) is 2.95. The molecule has 3 aromatic rings. The van der Waals surface area contributed by atoms with Crippen molar-refractivity contribution in [3.8, 4) is 11.1 Å². The van der Waals surface area contributed by atoms with Gasteiger partial charge in [0, 0.05) is 10.5 Å². The van der Waals surface area contributed by atoms with Gasteiger partial charge in [-0.3, -0.25) is 5.32 Å². The van der Waals surface area contributed by atoms with Crippen LogP contribution < -0.4 is 15.3 Å². The van der Waals surface area contributed by atoms with E-state index in [4.69, 9.17) is 0 Å². The molecule has 0 aliphatic heterocycles. The van der Waals surface area contributed by atoms with E-state index in [1.807, 2.05) is 0 Å². The Labute approximate surface area is 169 Å². The first-order chi connectivity index (χ1) is 13.6. The Balaban J connectivity index is 1.99. The standard InChI is InChI=1S/C18H12BrF5N4O/c1-28-16(26-17(29)25-13-7-6-11(20)8-12(13)21)14(15(27-28)18(22,23)24)9-2-4-10(19)5-3-9/h2-8H,1H3,(H2,25,26,27,29)/p+1. The second-order valence-corrected chi connectivity index (χ2v) is 6.89. The van der Waals surface area contributed by atoms with Crippen LogP contribution in [0.25, 0.3) is 11.1 Å². The highest BCUT2D eigenvalue weighted by Gasteiger charge is 2.41. The van der Waals surface area contributed by atoms with Gasteiger partial charge in [-0.15, -0.1) is 0 Å². The number of hydrogen-bond acceptors (Lipinski definition) is 1. The van der Waals surface area contributed by atoms with E-state index in [9.17, 15) is 26.7 Å². The number of amides is 2. The monoisotopic (exact) mass is 475 g/mol. The number of hydrogen-bond donors (Lipinski definition) is 3. The highest BCUT2D eigenvalue weighted by molar-refractivity contribution is 9.10. The molecule has 29 heavy (non-hydrogen) atoms. The molecule has 0 spiro atoms. The molecule has 152 valence electrons. The van der Waals surface area contributed by atoms with Gasteiger partial charge in [0.2, 0.25) is 0 Å². The van der Waals surface area contributed by atoms with E-state index in [2.05, 4.69) is 31.7 Å². The predicted octanol–water partition coefficient (Wildman–Crippen LogP) is 5.21. The topological polar surface area (TPSA) is 60.8 Å². The van der Waals surface area contributed by atoms with Crippen LogP contribution in [0, 0.1) is 11.6 Å². The molecule has 0 fully saturated rings. The van der Waals surface area contributed by atoms with Gasteiger partial charge in [-0.2, -0.15) is 23.2 Å². The molecule has 1 aromatic heterocycles. The van der Waals surface area contributed by atoms with Gasteiger partial charge in [0.05, 0.1) is 5.69 Å². The SMILES string of the molecule is C[n+]1[nH]c(C(F)(F)F)c(-c2ccc(Br)cc2)c1NC(=O)Nc1ccc(F)cc1F. The van der Waals surface area contributed by atoms with Crippen LogP contribution in [0.15, 0.2) is 46.9 Å². The summed E-state index contributed by atoms with van der Waals surface area (Å²) in [4.78, 5) is 12.3. The maximum absolute atomic E-state index is 13.7. The summed E-state index contributed by atoms with van der Waals surface area (Å²) in [6.07, 6.45) is -4.72. The molecule has 0 atom stereocenters. The van der Waals surface area contributed by atoms with E-state index < -0.39 is 29.5 Å². The Kier molecular flexibility index (Phi) is 5.60. The number of alkyl halides is 3. The lowest BCUT2D eigenvalue weighted by Gasteiger charge is -2.07. The zero-order valence-corrected chi connectivity index (χ0v) is 16.3. The van der Waals surface area contributed by atoms with Crippen LogP contribution in [-0.2, 0) is 13.2 Å². The van der Waals surface area contributed by atoms with Crippen LogP contribution in [0.2, 0.25) is 0 Å². The third-order valence-corrected chi connectivity index (χ3v) is 4.46. The molecular formula is C18H13BrF5N4O+. The molecule has 0 saturated heterocycles. The highest BCUT2D eigenvalue weighted by Crippen LogP contribution is 2.39. The van der Waals surface area contributed by atoms with Crippen molar-refractivity contribution in [2.45, 2.75) is 6.18 Å². The van der Waals surface area contributed by atoms with E-state index in [0.29, 0.717) is 10.5 Å². The van der Waals surface area contributed by atoms with Crippen LogP contribution >= 0.6 is 15.9 Å². The van der Waals surface area contributed by atoms with Crippen LogP contribution in [0.3, 0.4) is 0 Å². The number of urea groups is 1. The van der Waals surface area contributed by atoms with Crippen molar-refractivity contribution < 1.29 is 31.4 Å². The summed E-state index contributed by atoms with van der Waals surface area (Å²) in [5.41, 5.74) is -1.49. The lowest BCUT2D eigenvalue weighted by molar-refractivity contribution is -0.714. The number of carbonyl (C=O) groups is 1. The number of benzene rings is 2. The molecule has 3 rings (SSSR count). The second kappa shape index (κ2) is 7.82. The van der Waals surface area contributed by atoms with Gasteiger partial charge in [0.25, 0.3) is 0 Å². The summed E-state index contributed by atoms with van der Waals surface area (Å²) in [5, 5.41) is 6.59. The number of anilines is 2. The van der Waals surface area contributed by atoms with Crippen molar-refractivity contribution in [1.29, 1.82) is 0 Å². The fraction of sp³-hybridized carbons (Fsp3) is 0.111. The zero-order chi connectivity index (χ0) is 21.3. The van der Waals surface area contributed by atoms with Gasteiger partial charge >= 0.3 is 18.0 Å². The summed E-state index contributed by atoms with van der Waals surface area (Å²) >= 11 is 3.21. The van der Waals surface area contributed by atoms with Crippen molar-refractivity contribution in [2.24, 2.45) is 7.05 Å². The number of nitrogens with one attached hydrogen (secondary N) is 3. The number of aromatic nitrogens is 2. The van der Waals surface area contributed by atoms with Crippen molar-refractivity contribution in [3.05, 3.63) is 64.3 Å². The highest BCUT2D eigenvalue weighted by atomic mass is 79.9. The Morgan fingerprint density at radius 3 is 2.31 bits per heavy atom. The summed E-state index contributed by atoms with van der Waals surface area (Å²) in [5.74, 6) is -2.06. The van der Waals surface area contributed by atoms with Crippen LogP contribution in [0.1, 0.15) is 5.69 Å². The Morgan fingerprint density at radius 1 is 1.07 bits per heavy atom. The Hall–Kier alpha value is -2.95. The first-order valence-electron chi connectivity index (χ1n) is 8.04. The Morgan fingerprint density at radius 2 is 1.72 bits per heavy atom. The number of H-pyrrole nitrogens is 1. The molecule has 11 heteroatoms. The first kappa shape index (κ1) is 20.8. The predicted molar refractivity (Wildman–Crippen MR) is 99.1 cm³/mol. The van der Waals surface area contributed by atoms with Gasteiger partial charge in [-0.05, 0) is 29.8 Å². The minimum Gasteiger partial charge on any atom is -0.285 e. The minimum absolute atomic E-state index is 0.195. The average molecular weight is 476 g/mol. The fourth-order valence-corrected chi connectivity index (χ4v) is 2.93. The molecule has 0 unspecified atom stereocenters. The fourth-order valence-electron chi connectivity index (χ4n) is 2.67. The molecule has 0 aliphatic rings. The summed E-state index contributed by atoms with van der Waals surface area (Å²) in [6.45, 7) is 0. The van der Waals surface area contributed by atoms with Crippen LogP contribution in [0.5, 0.6) is 0 Å². The third-order valence-electron chi connectivity index (χ3n) is 3.93. The van der Waals surface area contributed by atoms with E-state index in [1.54, 1.807) is 12.1 Å². The molecule has 3 N–H and O–H groups in total. The lowest BCUT2D eigenvalue weighted by atomic mass is 10.1. The molecule has 0 aliphatic carbocycles. The quantitative estimate of drug-likeness (QED) is 0.353. The third kappa shape index (κ3) is 4.56. The van der Waals surface area contributed by atoms with E-state index in [0.717, 1.165) is 16.8 Å². The zero-order valence-electron chi connectivity index (χ0n) is 14.7. The van der Waals surface area contributed by atoms with Gasteiger partial charge in [-0.25, -0.2) is 18.7 Å². The maximum Gasteiger partial charge on any atom is 0.435 e. The van der Waals surface area contributed by atoms with Gasteiger partial charge in [0.15, 0.2) is 5.69 Å². The molecule has 2 amide bonds. The number of halogens is 6. The van der Waals surface area contributed by atoms with Crippen LogP contribution in [0.4, 0.5) is 38.3 Å². The number of aromatic amines is 1. The van der Waals surface area contributed by atoms with Crippen molar-refractivity contribution >= 4 is 33.5 Å². The van der Waals surface area contributed by atoms with Gasteiger partial charge < -0.3 is 0 Å². The first-order valence-corrected chi connectivity index (χ1v) is 8.83. The molecule has 5 nitrogen and oxygen atoms in total. The summed E-state index contributed by atoms with van der Waals surface area (Å²) in [7, 11) is 1.28. The summed E-state index contributed by atoms with van der Waals surface area (Å²) in [6, 6.07) is 7.51. The maximum atomic E-state index is 13.7. The smallest absolute Gasteiger partial charge is 0.285 e.